The van der Waals surface area contributed by atoms with Crippen LogP contribution in [0.15, 0.2) is 29.1 Å². The van der Waals surface area contributed by atoms with Crippen molar-refractivity contribution in [3.63, 3.8) is 0 Å². The molecule has 0 N–H and O–H groups in total. The van der Waals surface area contributed by atoms with Gasteiger partial charge in [-0.05, 0) is 51.0 Å². The molecule has 0 radical (unpaired) electrons. The lowest BCUT2D eigenvalue weighted by Gasteiger charge is -2.39. The molecular formula is C20H26N4O3. The maximum absolute atomic E-state index is 12.9. The SMILES string of the molecule is COc1ccc(N2CN(C[C@@H]3CCCO3)Cn3c2nc(C)c(C)c3=O)cc1. The number of aromatic nitrogens is 2. The molecular weight excluding hydrogens is 344 g/mol. The topological polar surface area (TPSA) is 59.8 Å². The van der Waals surface area contributed by atoms with Gasteiger partial charge < -0.3 is 9.47 Å². The predicted molar refractivity (Wildman–Crippen MR) is 104 cm³/mol. The highest BCUT2D eigenvalue weighted by atomic mass is 16.5. The van der Waals surface area contributed by atoms with E-state index >= 15 is 0 Å². The fourth-order valence-corrected chi connectivity index (χ4v) is 3.73. The van der Waals surface area contributed by atoms with E-state index in [1.807, 2.05) is 38.1 Å². The number of anilines is 2. The Kier molecular flexibility index (Phi) is 4.88. The molecule has 0 bridgehead atoms. The van der Waals surface area contributed by atoms with Crippen LogP contribution in [0.5, 0.6) is 5.75 Å². The van der Waals surface area contributed by atoms with Gasteiger partial charge >= 0.3 is 0 Å². The Balaban J connectivity index is 1.72. The van der Waals surface area contributed by atoms with Crippen LogP contribution in [-0.2, 0) is 11.4 Å². The molecule has 0 saturated carbocycles. The number of rotatable bonds is 4. The van der Waals surface area contributed by atoms with Crippen LogP contribution < -0.4 is 15.2 Å². The molecule has 1 fully saturated rings. The molecule has 3 heterocycles. The molecule has 0 unspecified atom stereocenters. The zero-order chi connectivity index (χ0) is 19.0. The molecule has 1 aromatic heterocycles. The first-order valence-corrected chi connectivity index (χ1v) is 9.40. The summed E-state index contributed by atoms with van der Waals surface area (Å²) in [6, 6.07) is 7.86. The standard InChI is InChI=1S/C20H26N4O3/c1-14-15(2)21-20-23(16-6-8-17(26-3)9-7-16)12-22(13-24(20)19(14)25)11-18-5-4-10-27-18/h6-9,18H,4-5,10-13H2,1-3H3/t18-/m0/s1. The van der Waals surface area contributed by atoms with Gasteiger partial charge in [-0.3, -0.25) is 19.2 Å². The van der Waals surface area contributed by atoms with E-state index in [4.69, 9.17) is 14.5 Å². The van der Waals surface area contributed by atoms with Crippen molar-refractivity contribution in [2.24, 2.45) is 0 Å². The largest absolute Gasteiger partial charge is 0.497 e. The van der Waals surface area contributed by atoms with Gasteiger partial charge in [-0.15, -0.1) is 0 Å². The van der Waals surface area contributed by atoms with Crippen molar-refractivity contribution in [1.82, 2.24) is 14.5 Å². The molecule has 144 valence electrons. The third kappa shape index (κ3) is 3.44. The van der Waals surface area contributed by atoms with Crippen LogP contribution >= 0.6 is 0 Å². The number of nitrogens with zero attached hydrogens (tertiary/aromatic N) is 4. The van der Waals surface area contributed by atoms with Crippen molar-refractivity contribution in [2.45, 2.75) is 39.5 Å². The van der Waals surface area contributed by atoms with Gasteiger partial charge in [0.15, 0.2) is 0 Å². The molecule has 2 aliphatic heterocycles. The molecule has 1 aromatic carbocycles. The average Bonchev–Trinajstić information content (AvgIpc) is 3.19. The number of aryl methyl sites for hydroxylation is 1. The lowest BCUT2D eigenvalue weighted by molar-refractivity contribution is 0.0584. The van der Waals surface area contributed by atoms with Crippen LogP contribution in [0, 0.1) is 13.8 Å². The first-order chi connectivity index (χ1) is 13.1. The number of benzene rings is 1. The van der Waals surface area contributed by atoms with E-state index in [9.17, 15) is 4.79 Å². The van der Waals surface area contributed by atoms with Crippen LogP contribution in [-0.4, -0.2) is 47.5 Å². The van der Waals surface area contributed by atoms with Crippen LogP contribution in [0.3, 0.4) is 0 Å². The van der Waals surface area contributed by atoms with Crippen molar-refractivity contribution >= 4 is 11.6 Å². The van der Waals surface area contributed by atoms with Crippen molar-refractivity contribution in [3.8, 4) is 5.75 Å². The van der Waals surface area contributed by atoms with E-state index in [0.29, 0.717) is 24.8 Å². The Morgan fingerprint density at radius 2 is 2.00 bits per heavy atom. The third-order valence-corrected chi connectivity index (χ3v) is 5.41. The molecule has 1 saturated heterocycles. The summed E-state index contributed by atoms with van der Waals surface area (Å²) >= 11 is 0. The van der Waals surface area contributed by atoms with E-state index in [-0.39, 0.29) is 11.7 Å². The van der Waals surface area contributed by atoms with Gasteiger partial charge in [0.2, 0.25) is 5.95 Å². The fraction of sp³-hybridized carbons (Fsp3) is 0.500. The fourth-order valence-electron chi connectivity index (χ4n) is 3.73. The van der Waals surface area contributed by atoms with Crippen molar-refractivity contribution in [3.05, 3.63) is 45.9 Å². The van der Waals surface area contributed by atoms with E-state index in [1.54, 1.807) is 11.7 Å². The Hall–Kier alpha value is -2.38. The van der Waals surface area contributed by atoms with Gasteiger partial charge in [-0.1, -0.05) is 0 Å². The summed E-state index contributed by atoms with van der Waals surface area (Å²) in [5.41, 5.74) is 2.48. The quantitative estimate of drug-likeness (QED) is 0.824. The summed E-state index contributed by atoms with van der Waals surface area (Å²) in [5, 5.41) is 0. The average molecular weight is 370 g/mol. The second-order valence-electron chi connectivity index (χ2n) is 7.25. The summed E-state index contributed by atoms with van der Waals surface area (Å²) in [6.07, 6.45) is 2.42. The van der Waals surface area contributed by atoms with Gasteiger partial charge in [0, 0.05) is 30.1 Å². The van der Waals surface area contributed by atoms with E-state index < -0.39 is 0 Å². The number of hydrogen-bond acceptors (Lipinski definition) is 6. The van der Waals surface area contributed by atoms with Crippen molar-refractivity contribution in [2.75, 3.05) is 31.8 Å². The minimum Gasteiger partial charge on any atom is -0.497 e. The Labute approximate surface area is 159 Å². The summed E-state index contributed by atoms with van der Waals surface area (Å²) in [5.74, 6) is 1.49. The summed E-state index contributed by atoms with van der Waals surface area (Å²) in [6.45, 7) is 6.58. The lowest BCUT2D eigenvalue weighted by Crippen LogP contribution is -2.49. The van der Waals surface area contributed by atoms with E-state index in [1.165, 1.54) is 0 Å². The van der Waals surface area contributed by atoms with Crippen molar-refractivity contribution in [1.29, 1.82) is 0 Å². The third-order valence-electron chi connectivity index (χ3n) is 5.41. The maximum Gasteiger partial charge on any atom is 0.259 e. The molecule has 1 atom stereocenters. The van der Waals surface area contributed by atoms with Crippen LogP contribution in [0.2, 0.25) is 0 Å². The molecule has 2 aromatic rings. The first-order valence-electron chi connectivity index (χ1n) is 9.40. The minimum atomic E-state index is 0.0213. The highest BCUT2D eigenvalue weighted by Gasteiger charge is 2.29. The van der Waals surface area contributed by atoms with Crippen molar-refractivity contribution < 1.29 is 9.47 Å². The molecule has 4 rings (SSSR count). The monoisotopic (exact) mass is 370 g/mol. The second-order valence-corrected chi connectivity index (χ2v) is 7.25. The number of hydrogen-bond donors (Lipinski definition) is 0. The number of fused-ring (bicyclic) bond motifs is 1. The second kappa shape index (κ2) is 7.32. The summed E-state index contributed by atoms with van der Waals surface area (Å²) in [7, 11) is 1.65. The number of ether oxygens (including phenoxy) is 2. The van der Waals surface area contributed by atoms with Gasteiger partial charge in [0.25, 0.3) is 5.56 Å². The van der Waals surface area contributed by atoms with Gasteiger partial charge in [0.05, 0.1) is 26.6 Å². The molecule has 0 aliphatic carbocycles. The normalized spacial score (nSPS) is 20.0. The van der Waals surface area contributed by atoms with Gasteiger partial charge in [0.1, 0.15) is 5.75 Å². The zero-order valence-electron chi connectivity index (χ0n) is 16.1. The maximum atomic E-state index is 12.9. The van der Waals surface area contributed by atoms with E-state index in [0.717, 1.165) is 43.1 Å². The minimum absolute atomic E-state index is 0.0213. The molecule has 7 nitrogen and oxygen atoms in total. The molecule has 2 aliphatic rings. The smallest absolute Gasteiger partial charge is 0.259 e. The Morgan fingerprint density at radius 1 is 1.22 bits per heavy atom. The molecule has 27 heavy (non-hydrogen) atoms. The summed E-state index contributed by atoms with van der Waals surface area (Å²) in [4.78, 5) is 22.0. The molecule has 7 heteroatoms. The summed E-state index contributed by atoms with van der Waals surface area (Å²) < 4.78 is 12.9. The van der Waals surface area contributed by atoms with Crippen LogP contribution in [0.4, 0.5) is 11.6 Å². The van der Waals surface area contributed by atoms with Crippen LogP contribution in [0.1, 0.15) is 24.1 Å². The number of methoxy groups -OCH3 is 1. The van der Waals surface area contributed by atoms with Gasteiger partial charge in [-0.2, -0.15) is 0 Å². The van der Waals surface area contributed by atoms with E-state index in [2.05, 4.69) is 9.80 Å². The van der Waals surface area contributed by atoms with Gasteiger partial charge in [-0.25, -0.2) is 4.98 Å². The Bertz CT molecular complexity index is 872. The highest BCUT2D eigenvalue weighted by Crippen LogP contribution is 2.29. The first kappa shape index (κ1) is 18.0. The molecule has 0 spiro atoms. The zero-order valence-corrected chi connectivity index (χ0v) is 16.1. The highest BCUT2D eigenvalue weighted by molar-refractivity contribution is 5.59. The van der Waals surface area contributed by atoms with Crippen LogP contribution in [0.25, 0.3) is 0 Å². The lowest BCUT2D eigenvalue weighted by atomic mass is 10.2. The molecule has 0 amide bonds. The predicted octanol–water partition coefficient (Wildman–Crippen LogP) is 2.42. The Morgan fingerprint density at radius 3 is 2.67 bits per heavy atom.